The van der Waals surface area contributed by atoms with Crippen LogP contribution < -0.4 is 10.6 Å². The van der Waals surface area contributed by atoms with Crippen LogP contribution in [-0.4, -0.2) is 38.0 Å². The van der Waals surface area contributed by atoms with Crippen molar-refractivity contribution in [3.05, 3.63) is 48.1 Å². The van der Waals surface area contributed by atoms with Gasteiger partial charge in [-0.15, -0.1) is 0 Å². The topological polar surface area (TPSA) is 111 Å². The molecule has 8 nitrogen and oxygen atoms in total. The molecule has 150 valence electrons. The Labute approximate surface area is 163 Å². The van der Waals surface area contributed by atoms with Crippen molar-refractivity contribution in [2.24, 2.45) is 0 Å². The predicted octanol–water partition coefficient (Wildman–Crippen LogP) is 2.36. The first-order valence-electron chi connectivity index (χ1n) is 8.66. The summed E-state index contributed by atoms with van der Waals surface area (Å²) in [7, 11) is 2.44. The van der Waals surface area contributed by atoms with Crippen LogP contribution in [0, 0.1) is 0 Å². The molecule has 2 amide bonds. The van der Waals surface area contributed by atoms with Crippen LogP contribution in [0.4, 0.5) is 11.4 Å². The zero-order chi connectivity index (χ0) is 20.9. The lowest BCUT2D eigenvalue weighted by Crippen LogP contribution is -2.12. The van der Waals surface area contributed by atoms with Gasteiger partial charge in [0.15, 0.2) is 0 Å². The maximum atomic E-state index is 12.0. The van der Waals surface area contributed by atoms with E-state index in [0.29, 0.717) is 17.8 Å². The summed E-state index contributed by atoms with van der Waals surface area (Å²) in [6.45, 7) is 2.04. The molecule has 0 aliphatic heterocycles. The van der Waals surface area contributed by atoms with E-state index in [-0.39, 0.29) is 0 Å². The molecule has 28 heavy (non-hydrogen) atoms. The maximum Gasteiger partial charge on any atom is 0.330 e. The van der Waals surface area contributed by atoms with Crippen LogP contribution in [0.1, 0.15) is 25.3 Å². The van der Waals surface area contributed by atoms with Crippen LogP contribution in [0.15, 0.2) is 42.5 Å². The first-order chi connectivity index (χ1) is 13.4. The van der Waals surface area contributed by atoms with Gasteiger partial charge in [0.25, 0.3) is 0 Å². The van der Waals surface area contributed by atoms with Gasteiger partial charge in [-0.3, -0.25) is 9.59 Å². The van der Waals surface area contributed by atoms with E-state index in [0.717, 1.165) is 42.7 Å². The lowest BCUT2D eigenvalue weighted by atomic mass is 10.0. The molecule has 0 fully saturated rings. The van der Waals surface area contributed by atoms with Gasteiger partial charge < -0.3 is 20.1 Å². The normalized spacial score (nSPS) is 10.7. The fraction of sp³-hybridized carbons (Fsp3) is 0.300. The number of methoxy groups -OCH3 is 2. The van der Waals surface area contributed by atoms with E-state index < -0.39 is 23.8 Å². The van der Waals surface area contributed by atoms with Crippen LogP contribution in [-0.2, 0) is 35.1 Å². The average molecular weight is 388 g/mol. The lowest BCUT2D eigenvalue weighted by Gasteiger charge is -2.12. The summed E-state index contributed by atoms with van der Waals surface area (Å²) in [5.41, 5.74) is 1.93. The molecule has 0 aliphatic rings. The van der Waals surface area contributed by atoms with E-state index >= 15 is 0 Å². The Bertz CT molecular complexity index is 783. The molecule has 8 heteroatoms. The first-order valence-corrected chi connectivity index (χ1v) is 8.66. The number of aryl methyl sites for hydroxylation is 1. The molecule has 0 aliphatic carbocycles. The quantitative estimate of drug-likeness (QED) is 0.496. The number of rotatable bonds is 9. The molecule has 1 aromatic carbocycles. The summed E-state index contributed by atoms with van der Waals surface area (Å²) in [6, 6.07) is 5.03. The number of carbonyl (C=O) groups excluding carboxylic acids is 4. The minimum absolute atomic E-state index is 0.471. The molecule has 0 bridgehead atoms. The van der Waals surface area contributed by atoms with E-state index in [1.807, 2.05) is 6.92 Å². The minimum Gasteiger partial charge on any atom is -0.466 e. The van der Waals surface area contributed by atoms with Gasteiger partial charge >= 0.3 is 11.9 Å². The Morgan fingerprint density at radius 1 is 0.893 bits per heavy atom. The second kappa shape index (κ2) is 12.1. The van der Waals surface area contributed by atoms with Crippen molar-refractivity contribution in [2.45, 2.75) is 26.2 Å². The monoisotopic (exact) mass is 388 g/mol. The van der Waals surface area contributed by atoms with Crippen LogP contribution in [0.2, 0.25) is 0 Å². The van der Waals surface area contributed by atoms with Gasteiger partial charge in [-0.05, 0) is 36.6 Å². The van der Waals surface area contributed by atoms with Crippen molar-refractivity contribution in [2.75, 3.05) is 24.9 Å². The molecular weight excluding hydrogens is 364 g/mol. The average Bonchev–Trinajstić information content (AvgIpc) is 2.69. The van der Waals surface area contributed by atoms with Gasteiger partial charge in [-0.25, -0.2) is 9.59 Å². The van der Waals surface area contributed by atoms with Gasteiger partial charge in [0.1, 0.15) is 0 Å². The van der Waals surface area contributed by atoms with Gasteiger partial charge in [0.05, 0.1) is 14.2 Å². The number of amides is 2. The van der Waals surface area contributed by atoms with Crippen molar-refractivity contribution in [1.29, 1.82) is 0 Å². The molecule has 1 aromatic rings. The van der Waals surface area contributed by atoms with E-state index in [4.69, 9.17) is 0 Å². The molecule has 0 spiro atoms. The molecular formula is C20H24N2O6. The molecule has 1 rings (SSSR count). The van der Waals surface area contributed by atoms with Gasteiger partial charge in [-0.2, -0.15) is 0 Å². The Hall–Kier alpha value is -3.42. The fourth-order valence-electron chi connectivity index (χ4n) is 2.15. The van der Waals surface area contributed by atoms with Gasteiger partial charge in [0.2, 0.25) is 11.8 Å². The third kappa shape index (κ3) is 8.31. The predicted molar refractivity (Wildman–Crippen MR) is 105 cm³/mol. The standard InChI is InChI=1S/C20H24N2O6/c1-4-5-6-14-13-15(21-17(23)9-11-19(25)27-2)7-8-16(14)22-18(24)10-12-20(26)28-3/h7-13H,4-6H2,1-3H3,(H,21,23)(H,22,24)/b11-9-,12-10-. The van der Waals surface area contributed by atoms with Crippen LogP contribution in [0.3, 0.4) is 0 Å². The molecule has 0 radical (unpaired) electrons. The largest absolute Gasteiger partial charge is 0.466 e. The number of hydrogen-bond acceptors (Lipinski definition) is 6. The van der Waals surface area contributed by atoms with Crippen LogP contribution in [0.5, 0.6) is 0 Å². The zero-order valence-electron chi connectivity index (χ0n) is 16.1. The number of esters is 2. The smallest absolute Gasteiger partial charge is 0.330 e. The van der Waals surface area contributed by atoms with Crippen molar-refractivity contribution in [3.8, 4) is 0 Å². The minimum atomic E-state index is -0.628. The number of benzene rings is 1. The second-order valence-corrected chi connectivity index (χ2v) is 5.67. The van der Waals surface area contributed by atoms with E-state index in [1.165, 1.54) is 14.2 Å². The Kier molecular flexibility index (Phi) is 9.74. The maximum absolute atomic E-state index is 12.0. The lowest BCUT2D eigenvalue weighted by molar-refractivity contribution is -0.135. The van der Waals surface area contributed by atoms with Crippen LogP contribution >= 0.6 is 0 Å². The third-order valence-corrected chi connectivity index (χ3v) is 3.57. The first kappa shape index (κ1) is 22.6. The van der Waals surface area contributed by atoms with Crippen LogP contribution in [0.25, 0.3) is 0 Å². The molecule has 0 atom stereocenters. The molecule has 0 unspecified atom stereocenters. The molecule has 2 N–H and O–H groups in total. The highest BCUT2D eigenvalue weighted by molar-refractivity contribution is 6.04. The number of carbonyl (C=O) groups is 4. The second-order valence-electron chi connectivity index (χ2n) is 5.67. The summed E-state index contributed by atoms with van der Waals surface area (Å²) >= 11 is 0. The highest BCUT2D eigenvalue weighted by Crippen LogP contribution is 2.23. The number of ether oxygens (including phenoxy) is 2. The fourth-order valence-corrected chi connectivity index (χ4v) is 2.15. The number of hydrogen-bond donors (Lipinski definition) is 2. The molecule has 0 saturated heterocycles. The molecule has 0 aromatic heterocycles. The van der Waals surface area contributed by atoms with Crippen molar-refractivity contribution < 1.29 is 28.7 Å². The summed E-state index contributed by atoms with van der Waals surface area (Å²) in [5, 5.41) is 5.35. The molecule has 0 heterocycles. The Morgan fingerprint density at radius 2 is 1.46 bits per heavy atom. The van der Waals surface area contributed by atoms with Crippen molar-refractivity contribution >= 4 is 35.1 Å². The number of anilines is 2. The van der Waals surface area contributed by atoms with Crippen molar-refractivity contribution in [1.82, 2.24) is 0 Å². The summed E-state index contributed by atoms with van der Waals surface area (Å²) in [4.78, 5) is 46.0. The molecule has 0 saturated carbocycles. The van der Waals surface area contributed by atoms with E-state index in [1.54, 1.807) is 18.2 Å². The van der Waals surface area contributed by atoms with Gasteiger partial charge in [-0.1, -0.05) is 13.3 Å². The highest BCUT2D eigenvalue weighted by atomic mass is 16.5. The van der Waals surface area contributed by atoms with E-state index in [2.05, 4.69) is 20.1 Å². The third-order valence-electron chi connectivity index (χ3n) is 3.57. The summed E-state index contributed by atoms with van der Waals surface area (Å²) < 4.78 is 8.87. The number of nitrogens with one attached hydrogen (secondary N) is 2. The Balaban J connectivity index is 2.91. The SMILES string of the molecule is CCCCc1cc(NC(=O)/C=C\C(=O)OC)ccc1NC(=O)/C=C\C(=O)OC. The summed E-state index contributed by atoms with van der Waals surface area (Å²) in [5.74, 6) is -2.21. The highest BCUT2D eigenvalue weighted by Gasteiger charge is 2.08. The Morgan fingerprint density at radius 3 is 2.00 bits per heavy atom. The van der Waals surface area contributed by atoms with Gasteiger partial charge in [0, 0.05) is 35.7 Å². The zero-order valence-corrected chi connectivity index (χ0v) is 16.1. The summed E-state index contributed by atoms with van der Waals surface area (Å²) in [6.07, 6.45) is 6.75. The number of unbranched alkanes of at least 4 members (excludes halogenated alkanes) is 1. The van der Waals surface area contributed by atoms with E-state index in [9.17, 15) is 19.2 Å². The van der Waals surface area contributed by atoms with Crippen molar-refractivity contribution in [3.63, 3.8) is 0 Å².